The Morgan fingerprint density at radius 2 is 1.77 bits per heavy atom. The van der Waals surface area contributed by atoms with Crippen LogP contribution in [0, 0.1) is 6.92 Å². The van der Waals surface area contributed by atoms with Crippen molar-refractivity contribution in [1.82, 2.24) is 24.9 Å². The number of likely N-dealkylation sites (N-methyl/N-ethyl adjacent to an activating group) is 1. The van der Waals surface area contributed by atoms with Gasteiger partial charge >= 0.3 is 0 Å². The van der Waals surface area contributed by atoms with Crippen LogP contribution in [-0.4, -0.2) is 82.7 Å². The van der Waals surface area contributed by atoms with E-state index in [1.165, 1.54) is 10.2 Å². The number of piperidine rings is 3. The summed E-state index contributed by atoms with van der Waals surface area (Å²) in [6.07, 6.45) is 4.91. The molecule has 3 aromatic rings. The zero-order chi connectivity index (χ0) is 33.2. The summed E-state index contributed by atoms with van der Waals surface area (Å²) in [7, 11) is 3.73. The van der Waals surface area contributed by atoms with Crippen molar-refractivity contribution in [2.24, 2.45) is 7.05 Å². The summed E-state index contributed by atoms with van der Waals surface area (Å²) in [6, 6.07) is 13.9. The topological polar surface area (TPSA) is 126 Å². The molecular weight excluding hydrogens is 664 g/mol. The zero-order valence-electron chi connectivity index (χ0n) is 27.0. The molecule has 2 N–H and O–H groups in total. The van der Waals surface area contributed by atoms with Gasteiger partial charge in [0, 0.05) is 64.1 Å². The number of carbonyl (C=O) groups excluding carboxylic acids is 3. The summed E-state index contributed by atoms with van der Waals surface area (Å²) in [6.45, 7) is 4.96. The number of aryl methyl sites for hydroxylation is 2. The van der Waals surface area contributed by atoms with Crippen molar-refractivity contribution in [3.8, 4) is 5.75 Å². The Balaban J connectivity index is 1.01. The van der Waals surface area contributed by atoms with E-state index in [4.69, 9.17) is 4.74 Å². The van der Waals surface area contributed by atoms with Gasteiger partial charge in [-0.05, 0) is 89.6 Å². The van der Waals surface area contributed by atoms with E-state index in [-0.39, 0.29) is 47.3 Å². The normalized spacial score (nSPS) is 22.6. The maximum atomic E-state index is 13.4. The van der Waals surface area contributed by atoms with Crippen molar-refractivity contribution in [1.29, 1.82) is 0 Å². The standard InChI is InChI=1S/C35H41BrN6O5/c1-21-16-27(8-9-28(21)29-10-11-31(43)39-33(29)44)47-26-12-14-42(15-13-26)34(45)23-6-4-22(5-7-23)24-17-25(20-40(2)19-24)38-30-18-37-41(3)35(46)32(30)36/h4-9,16,18,24-26,29,38H,10-15,17,19-20H2,1-3H3,(H,39,43,44)/t24-,25+,29?/m1/s1. The lowest BCUT2D eigenvalue weighted by Gasteiger charge is -2.37. The number of amides is 3. The first-order chi connectivity index (χ1) is 22.5. The highest BCUT2D eigenvalue weighted by Crippen LogP contribution is 2.32. The number of nitrogens with zero attached hydrogens (tertiary/aromatic N) is 4. The maximum absolute atomic E-state index is 13.4. The number of halogens is 1. The molecule has 1 aromatic heterocycles. The highest BCUT2D eigenvalue weighted by atomic mass is 79.9. The highest BCUT2D eigenvalue weighted by Gasteiger charge is 2.31. The lowest BCUT2D eigenvalue weighted by atomic mass is 9.87. The largest absolute Gasteiger partial charge is 0.490 e. The van der Waals surface area contributed by atoms with Crippen molar-refractivity contribution >= 4 is 39.3 Å². The van der Waals surface area contributed by atoms with E-state index in [2.05, 4.69) is 55.7 Å². The van der Waals surface area contributed by atoms with Crippen LogP contribution < -0.4 is 20.9 Å². The number of benzene rings is 2. The predicted molar refractivity (Wildman–Crippen MR) is 182 cm³/mol. The molecule has 3 aliphatic rings. The SMILES string of the molecule is Cc1cc(OC2CCN(C(=O)c3ccc([C@@H]4C[C@H](Nc5cnn(C)c(=O)c5Br)CN(C)C4)cc3)CC2)ccc1C1CCC(=O)NC1=O. The Morgan fingerprint density at radius 1 is 1.02 bits per heavy atom. The number of rotatable bonds is 7. The number of ether oxygens (including phenoxy) is 1. The van der Waals surface area contributed by atoms with E-state index in [1.54, 1.807) is 13.2 Å². The molecule has 2 aromatic carbocycles. The first kappa shape index (κ1) is 32.9. The summed E-state index contributed by atoms with van der Waals surface area (Å²) < 4.78 is 8.07. The van der Waals surface area contributed by atoms with Crippen LogP contribution in [0.4, 0.5) is 5.69 Å². The Labute approximate surface area is 282 Å². The Hall–Kier alpha value is -4.03. The summed E-state index contributed by atoms with van der Waals surface area (Å²) in [5, 5.41) is 10.1. The second kappa shape index (κ2) is 14.0. The van der Waals surface area contributed by atoms with Crippen LogP contribution in [0.2, 0.25) is 0 Å². The van der Waals surface area contributed by atoms with Gasteiger partial charge in [0.15, 0.2) is 0 Å². The van der Waals surface area contributed by atoms with Gasteiger partial charge in [0.25, 0.3) is 11.5 Å². The zero-order valence-corrected chi connectivity index (χ0v) is 28.6. The van der Waals surface area contributed by atoms with Gasteiger partial charge in [0.1, 0.15) is 16.3 Å². The molecule has 0 aliphatic carbocycles. The van der Waals surface area contributed by atoms with E-state index in [1.807, 2.05) is 42.2 Å². The number of hydrogen-bond acceptors (Lipinski definition) is 8. The summed E-state index contributed by atoms with van der Waals surface area (Å²) in [5.74, 6) is 0.291. The number of aromatic nitrogens is 2. The third-order valence-electron chi connectivity index (χ3n) is 9.59. The first-order valence-electron chi connectivity index (χ1n) is 16.2. The van der Waals surface area contributed by atoms with Gasteiger partial charge in [-0.25, -0.2) is 4.68 Å². The summed E-state index contributed by atoms with van der Waals surface area (Å²) >= 11 is 3.41. The molecule has 0 spiro atoms. The number of imide groups is 1. The first-order valence-corrected chi connectivity index (χ1v) is 17.0. The Bertz CT molecular complexity index is 1720. The van der Waals surface area contributed by atoms with Crippen molar-refractivity contribution in [3.05, 3.63) is 85.7 Å². The van der Waals surface area contributed by atoms with Crippen LogP contribution in [-0.2, 0) is 16.6 Å². The predicted octanol–water partition coefficient (Wildman–Crippen LogP) is 3.95. The van der Waals surface area contributed by atoms with Gasteiger partial charge in [-0.3, -0.25) is 24.5 Å². The summed E-state index contributed by atoms with van der Waals surface area (Å²) in [4.78, 5) is 53.7. The van der Waals surface area contributed by atoms with Crippen molar-refractivity contribution in [2.45, 2.75) is 63.0 Å². The molecule has 3 atom stereocenters. The average Bonchev–Trinajstić information content (AvgIpc) is 3.05. The smallest absolute Gasteiger partial charge is 0.282 e. The molecule has 12 heteroatoms. The lowest BCUT2D eigenvalue weighted by molar-refractivity contribution is -0.134. The molecule has 1 unspecified atom stereocenters. The van der Waals surface area contributed by atoms with E-state index in [0.717, 1.165) is 49.2 Å². The number of nitrogens with one attached hydrogen (secondary N) is 2. The fraction of sp³-hybridized carbons (Fsp3) is 0.457. The third kappa shape index (κ3) is 7.43. The second-order valence-electron chi connectivity index (χ2n) is 13.0. The monoisotopic (exact) mass is 704 g/mol. The van der Waals surface area contributed by atoms with Gasteiger partial charge in [-0.2, -0.15) is 5.10 Å². The van der Waals surface area contributed by atoms with E-state index >= 15 is 0 Å². The van der Waals surface area contributed by atoms with E-state index in [9.17, 15) is 19.2 Å². The van der Waals surface area contributed by atoms with Crippen LogP contribution in [0.25, 0.3) is 0 Å². The number of likely N-dealkylation sites (tertiary alicyclic amines) is 2. The molecular formula is C35H41BrN6O5. The minimum absolute atomic E-state index is 0.00224. The molecule has 4 heterocycles. The highest BCUT2D eigenvalue weighted by molar-refractivity contribution is 9.10. The fourth-order valence-electron chi connectivity index (χ4n) is 7.05. The number of anilines is 1. The van der Waals surface area contributed by atoms with E-state index in [0.29, 0.717) is 41.7 Å². The maximum Gasteiger partial charge on any atom is 0.282 e. The molecule has 3 aliphatic heterocycles. The van der Waals surface area contributed by atoms with E-state index < -0.39 is 0 Å². The van der Waals surface area contributed by atoms with Gasteiger partial charge in [0.2, 0.25) is 11.8 Å². The molecule has 47 heavy (non-hydrogen) atoms. The minimum atomic E-state index is -0.319. The van der Waals surface area contributed by atoms with Crippen molar-refractivity contribution < 1.29 is 19.1 Å². The third-order valence-corrected chi connectivity index (χ3v) is 10.4. The molecule has 0 saturated carbocycles. The molecule has 6 rings (SSSR count). The summed E-state index contributed by atoms with van der Waals surface area (Å²) in [5.41, 5.74) is 4.27. The van der Waals surface area contributed by atoms with Gasteiger partial charge in [-0.15, -0.1) is 0 Å². The Morgan fingerprint density at radius 3 is 2.47 bits per heavy atom. The van der Waals surface area contributed by atoms with Gasteiger partial charge in [0.05, 0.1) is 17.8 Å². The number of hydrogen-bond donors (Lipinski definition) is 2. The van der Waals surface area contributed by atoms with Crippen LogP contribution in [0.5, 0.6) is 5.75 Å². The van der Waals surface area contributed by atoms with Crippen LogP contribution in [0.15, 0.2) is 57.9 Å². The van der Waals surface area contributed by atoms with Gasteiger partial charge < -0.3 is 19.9 Å². The molecule has 3 saturated heterocycles. The molecule has 248 valence electrons. The van der Waals surface area contributed by atoms with Gasteiger partial charge in [-0.1, -0.05) is 18.2 Å². The quantitative estimate of drug-likeness (QED) is 0.354. The number of carbonyl (C=O) groups is 3. The van der Waals surface area contributed by atoms with Crippen LogP contribution in [0.3, 0.4) is 0 Å². The molecule has 3 fully saturated rings. The van der Waals surface area contributed by atoms with Crippen LogP contribution >= 0.6 is 15.9 Å². The Kier molecular flexibility index (Phi) is 9.79. The molecule has 3 amide bonds. The lowest BCUT2D eigenvalue weighted by Crippen LogP contribution is -2.43. The van der Waals surface area contributed by atoms with Crippen LogP contribution in [0.1, 0.15) is 71.0 Å². The van der Waals surface area contributed by atoms with Crippen molar-refractivity contribution in [2.75, 3.05) is 38.5 Å². The average molecular weight is 706 g/mol. The van der Waals surface area contributed by atoms with Crippen molar-refractivity contribution in [3.63, 3.8) is 0 Å². The second-order valence-corrected chi connectivity index (χ2v) is 13.8. The molecule has 0 radical (unpaired) electrons. The fourth-order valence-corrected chi connectivity index (χ4v) is 7.52. The minimum Gasteiger partial charge on any atom is -0.490 e. The molecule has 11 nitrogen and oxygen atoms in total. The molecule has 0 bridgehead atoms.